The molecule has 0 atom stereocenters. The zero-order valence-electron chi connectivity index (χ0n) is 18.1. The van der Waals surface area contributed by atoms with Gasteiger partial charge in [0.2, 0.25) is 0 Å². The van der Waals surface area contributed by atoms with Crippen molar-refractivity contribution < 1.29 is 19.1 Å². The van der Waals surface area contributed by atoms with E-state index in [1.807, 2.05) is 29.2 Å². The number of carbonyl (C=O) groups is 2. The van der Waals surface area contributed by atoms with E-state index in [0.29, 0.717) is 36.1 Å². The highest BCUT2D eigenvalue weighted by Crippen LogP contribution is 2.23. The molecule has 32 heavy (non-hydrogen) atoms. The molecule has 0 saturated carbocycles. The Morgan fingerprint density at radius 3 is 2.41 bits per heavy atom. The van der Waals surface area contributed by atoms with Gasteiger partial charge in [-0.2, -0.15) is 0 Å². The molecule has 1 aromatic carbocycles. The SMILES string of the molecule is COc1ccc(N(Cc2ccc(C(=O)NN)cn2)C(=O)N2CCN(C3COC3)CC2)cc1. The van der Waals surface area contributed by atoms with Crippen LogP contribution in [-0.2, 0) is 11.3 Å². The lowest BCUT2D eigenvalue weighted by atomic mass is 10.2. The third-order valence-corrected chi connectivity index (χ3v) is 5.87. The van der Waals surface area contributed by atoms with Gasteiger partial charge in [0.1, 0.15) is 5.75 Å². The Bertz CT molecular complexity index is 924. The van der Waals surface area contributed by atoms with Crippen LogP contribution in [0.5, 0.6) is 5.75 Å². The van der Waals surface area contributed by atoms with Crippen molar-refractivity contribution in [3.8, 4) is 5.75 Å². The summed E-state index contributed by atoms with van der Waals surface area (Å²) in [5.41, 5.74) is 3.85. The molecular weight excluding hydrogens is 412 g/mol. The first-order chi connectivity index (χ1) is 15.6. The molecule has 2 saturated heterocycles. The molecule has 0 aliphatic carbocycles. The molecule has 10 heteroatoms. The van der Waals surface area contributed by atoms with Crippen LogP contribution in [0.15, 0.2) is 42.6 Å². The molecular formula is C22H28N6O4. The minimum Gasteiger partial charge on any atom is -0.497 e. The van der Waals surface area contributed by atoms with Gasteiger partial charge in [0, 0.05) is 38.1 Å². The molecule has 2 fully saturated rings. The van der Waals surface area contributed by atoms with E-state index in [2.05, 4.69) is 15.3 Å². The second-order valence-corrected chi connectivity index (χ2v) is 7.79. The first-order valence-electron chi connectivity index (χ1n) is 10.6. The average Bonchev–Trinajstić information content (AvgIpc) is 2.81. The summed E-state index contributed by atoms with van der Waals surface area (Å²) in [6, 6.07) is 11.1. The number of nitrogens with one attached hydrogen (secondary N) is 1. The van der Waals surface area contributed by atoms with Crippen molar-refractivity contribution >= 4 is 17.6 Å². The fourth-order valence-electron chi connectivity index (χ4n) is 3.81. The molecule has 3 amide bonds. The molecule has 170 valence electrons. The maximum atomic E-state index is 13.5. The number of piperazine rings is 1. The average molecular weight is 441 g/mol. The fourth-order valence-corrected chi connectivity index (χ4v) is 3.81. The molecule has 1 aromatic heterocycles. The Morgan fingerprint density at radius 2 is 1.88 bits per heavy atom. The van der Waals surface area contributed by atoms with Gasteiger partial charge in [-0.15, -0.1) is 0 Å². The second-order valence-electron chi connectivity index (χ2n) is 7.79. The molecule has 4 rings (SSSR count). The number of hydrogen-bond donors (Lipinski definition) is 2. The van der Waals surface area contributed by atoms with Crippen molar-refractivity contribution in [2.45, 2.75) is 12.6 Å². The van der Waals surface area contributed by atoms with E-state index in [1.165, 1.54) is 6.20 Å². The van der Waals surface area contributed by atoms with Crippen LogP contribution in [-0.4, -0.2) is 79.3 Å². The Labute approximate surface area is 186 Å². The summed E-state index contributed by atoms with van der Waals surface area (Å²) in [5, 5.41) is 0. The van der Waals surface area contributed by atoms with Gasteiger partial charge in [0.05, 0.1) is 44.2 Å². The van der Waals surface area contributed by atoms with Crippen LogP contribution < -0.4 is 20.9 Å². The number of anilines is 1. The molecule has 0 unspecified atom stereocenters. The summed E-state index contributed by atoms with van der Waals surface area (Å²) >= 11 is 0. The maximum absolute atomic E-state index is 13.5. The maximum Gasteiger partial charge on any atom is 0.324 e. The summed E-state index contributed by atoms with van der Waals surface area (Å²) in [5.74, 6) is 5.48. The first-order valence-corrected chi connectivity index (χ1v) is 10.6. The van der Waals surface area contributed by atoms with Crippen molar-refractivity contribution in [3.05, 3.63) is 53.9 Å². The van der Waals surface area contributed by atoms with E-state index in [0.717, 1.165) is 32.0 Å². The Balaban J connectivity index is 1.50. The van der Waals surface area contributed by atoms with Gasteiger partial charge in [-0.05, 0) is 36.4 Å². The molecule has 0 radical (unpaired) electrons. The van der Waals surface area contributed by atoms with E-state index in [4.69, 9.17) is 15.3 Å². The van der Waals surface area contributed by atoms with Crippen molar-refractivity contribution in [2.75, 3.05) is 51.4 Å². The van der Waals surface area contributed by atoms with Crippen LogP contribution >= 0.6 is 0 Å². The van der Waals surface area contributed by atoms with Gasteiger partial charge < -0.3 is 14.4 Å². The van der Waals surface area contributed by atoms with E-state index in [9.17, 15) is 9.59 Å². The summed E-state index contributed by atoms with van der Waals surface area (Å²) < 4.78 is 10.5. The number of rotatable bonds is 6. The third kappa shape index (κ3) is 4.82. The predicted molar refractivity (Wildman–Crippen MR) is 118 cm³/mol. The van der Waals surface area contributed by atoms with E-state index >= 15 is 0 Å². The van der Waals surface area contributed by atoms with Crippen molar-refractivity contribution in [1.82, 2.24) is 20.2 Å². The predicted octanol–water partition coefficient (Wildman–Crippen LogP) is 0.837. The highest BCUT2D eigenvalue weighted by molar-refractivity contribution is 5.93. The Morgan fingerprint density at radius 1 is 1.16 bits per heavy atom. The number of pyridine rings is 1. The molecule has 2 aliphatic heterocycles. The van der Waals surface area contributed by atoms with Crippen molar-refractivity contribution in [3.63, 3.8) is 0 Å². The van der Waals surface area contributed by atoms with Gasteiger partial charge in [0.15, 0.2) is 0 Å². The molecule has 2 aromatic rings. The number of amides is 3. The van der Waals surface area contributed by atoms with Gasteiger partial charge in [-0.1, -0.05) is 0 Å². The van der Waals surface area contributed by atoms with Crippen LogP contribution in [0.1, 0.15) is 16.1 Å². The number of nitrogens with zero attached hydrogens (tertiary/aromatic N) is 4. The summed E-state index contributed by atoms with van der Waals surface area (Å²) in [7, 11) is 1.60. The van der Waals surface area contributed by atoms with Crippen LogP contribution in [0, 0.1) is 0 Å². The molecule has 3 N–H and O–H groups in total. The monoisotopic (exact) mass is 440 g/mol. The van der Waals surface area contributed by atoms with Gasteiger partial charge in [-0.25, -0.2) is 10.6 Å². The zero-order chi connectivity index (χ0) is 22.5. The summed E-state index contributed by atoms with van der Waals surface area (Å²) in [6.07, 6.45) is 1.45. The van der Waals surface area contributed by atoms with Gasteiger partial charge in [-0.3, -0.25) is 25.0 Å². The first kappa shape index (κ1) is 22.0. The third-order valence-electron chi connectivity index (χ3n) is 5.87. The number of nitrogens with two attached hydrogens (primary N) is 1. The Kier molecular flexibility index (Phi) is 6.84. The number of nitrogen functional groups attached to an aromatic ring is 1. The highest BCUT2D eigenvalue weighted by atomic mass is 16.5. The summed E-state index contributed by atoms with van der Waals surface area (Å²) in [6.45, 7) is 4.79. The lowest BCUT2D eigenvalue weighted by Crippen LogP contribution is -2.59. The minimum absolute atomic E-state index is 0.0785. The number of aromatic nitrogens is 1. The smallest absolute Gasteiger partial charge is 0.324 e. The van der Waals surface area contributed by atoms with Crippen LogP contribution in [0.3, 0.4) is 0 Å². The normalized spacial score (nSPS) is 16.9. The highest BCUT2D eigenvalue weighted by Gasteiger charge is 2.32. The molecule has 0 spiro atoms. The Hall–Kier alpha value is -3.21. The van der Waals surface area contributed by atoms with Crippen LogP contribution in [0.25, 0.3) is 0 Å². The molecule has 0 bridgehead atoms. The zero-order valence-corrected chi connectivity index (χ0v) is 18.1. The van der Waals surface area contributed by atoms with Crippen LogP contribution in [0.4, 0.5) is 10.5 Å². The number of carbonyl (C=O) groups excluding carboxylic acids is 2. The number of methoxy groups -OCH3 is 1. The standard InChI is InChI=1S/C22H28N6O4/c1-31-20-6-4-18(5-7-20)28(13-17-3-2-16(12-24-17)21(29)25-23)22(30)27-10-8-26(9-11-27)19-14-32-15-19/h2-7,12,19H,8-11,13-15,23H2,1H3,(H,25,29). The number of benzene rings is 1. The second kappa shape index (κ2) is 9.94. The minimum atomic E-state index is -0.415. The quantitative estimate of drug-likeness (QED) is 0.389. The number of hydrazine groups is 1. The molecule has 3 heterocycles. The van der Waals surface area contributed by atoms with Gasteiger partial charge >= 0.3 is 6.03 Å². The molecule has 2 aliphatic rings. The summed E-state index contributed by atoms with van der Waals surface area (Å²) in [4.78, 5) is 35.5. The van der Waals surface area contributed by atoms with Crippen molar-refractivity contribution in [1.29, 1.82) is 0 Å². The van der Waals surface area contributed by atoms with E-state index < -0.39 is 5.91 Å². The molecule has 10 nitrogen and oxygen atoms in total. The largest absolute Gasteiger partial charge is 0.497 e. The lowest BCUT2D eigenvalue weighted by Gasteiger charge is -2.43. The number of hydrogen-bond acceptors (Lipinski definition) is 7. The fraction of sp³-hybridized carbons (Fsp3) is 0.409. The van der Waals surface area contributed by atoms with Gasteiger partial charge in [0.25, 0.3) is 5.91 Å². The number of ether oxygens (including phenoxy) is 2. The van der Waals surface area contributed by atoms with E-state index in [1.54, 1.807) is 24.1 Å². The lowest BCUT2D eigenvalue weighted by molar-refractivity contribution is -0.0738. The number of urea groups is 1. The van der Waals surface area contributed by atoms with E-state index in [-0.39, 0.29) is 12.6 Å². The van der Waals surface area contributed by atoms with Crippen LogP contribution in [0.2, 0.25) is 0 Å². The van der Waals surface area contributed by atoms with Crippen molar-refractivity contribution in [2.24, 2.45) is 5.84 Å². The topological polar surface area (TPSA) is 113 Å².